The third kappa shape index (κ3) is 2.61. The van der Waals surface area contributed by atoms with Crippen LogP contribution < -0.4 is 4.57 Å². The summed E-state index contributed by atoms with van der Waals surface area (Å²) in [5, 5.41) is 9.12. The van der Waals surface area contributed by atoms with E-state index in [1.54, 1.807) is 24.3 Å². The lowest BCUT2D eigenvalue weighted by molar-refractivity contribution is -0.671. The second kappa shape index (κ2) is 4.50. The van der Waals surface area contributed by atoms with Crippen LogP contribution in [0.2, 0.25) is 0 Å². The Morgan fingerprint density at radius 3 is 1.94 bits per heavy atom. The van der Waals surface area contributed by atoms with Gasteiger partial charge in [-0.3, -0.25) is 0 Å². The van der Waals surface area contributed by atoms with Crippen molar-refractivity contribution in [2.45, 2.75) is 0 Å². The highest BCUT2D eigenvalue weighted by Gasteiger charge is 1.91. The second-order valence-electron chi connectivity index (χ2n) is 3.55. The first kappa shape index (κ1) is 10.3. The SMILES string of the molecule is C[n+]1ccc(C#Cc2ccc(O)cc2)cc1. The maximum atomic E-state index is 9.12. The third-order valence-corrected chi connectivity index (χ3v) is 2.20. The number of hydrogen-bond donors (Lipinski definition) is 1. The van der Waals surface area contributed by atoms with E-state index in [1.165, 1.54) is 0 Å². The molecular formula is C14H12NO+. The van der Waals surface area contributed by atoms with Gasteiger partial charge < -0.3 is 5.11 Å². The summed E-state index contributed by atoms with van der Waals surface area (Å²) >= 11 is 0. The lowest BCUT2D eigenvalue weighted by atomic mass is 10.2. The van der Waals surface area contributed by atoms with Crippen LogP contribution in [0, 0.1) is 11.8 Å². The van der Waals surface area contributed by atoms with Crippen molar-refractivity contribution in [3.8, 4) is 17.6 Å². The average molecular weight is 210 g/mol. The monoisotopic (exact) mass is 210 g/mol. The molecule has 0 bridgehead atoms. The predicted molar refractivity (Wildman–Crippen MR) is 61.7 cm³/mol. The molecule has 0 saturated carbocycles. The molecule has 0 spiro atoms. The van der Waals surface area contributed by atoms with Gasteiger partial charge in [-0.15, -0.1) is 0 Å². The molecule has 16 heavy (non-hydrogen) atoms. The van der Waals surface area contributed by atoms with Gasteiger partial charge in [0.2, 0.25) is 0 Å². The fourth-order valence-corrected chi connectivity index (χ4v) is 1.27. The first-order valence-electron chi connectivity index (χ1n) is 5.00. The van der Waals surface area contributed by atoms with Crippen molar-refractivity contribution in [1.82, 2.24) is 0 Å². The zero-order valence-corrected chi connectivity index (χ0v) is 9.01. The van der Waals surface area contributed by atoms with Gasteiger partial charge in [-0.1, -0.05) is 11.8 Å². The highest BCUT2D eigenvalue weighted by molar-refractivity contribution is 5.43. The standard InChI is InChI=1S/C14H11NO/c1-15-10-8-13(9-11-15)3-2-12-4-6-14(16)7-5-12/h4-11H,1H3/p+1. The normalized spacial score (nSPS) is 9.31. The summed E-state index contributed by atoms with van der Waals surface area (Å²) < 4.78 is 1.96. The van der Waals surface area contributed by atoms with Crippen molar-refractivity contribution in [3.63, 3.8) is 0 Å². The van der Waals surface area contributed by atoms with E-state index in [0.717, 1.165) is 11.1 Å². The zero-order chi connectivity index (χ0) is 11.4. The molecule has 0 aliphatic heterocycles. The summed E-state index contributed by atoms with van der Waals surface area (Å²) in [6, 6.07) is 10.8. The highest BCUT2D eigenvalue weighted by atomic mass is 16.3. The largest absolute Gasteiger partial charge is 0.508 e. The van der Waals surface area contributed by atoms with E-state index in [9.17, 15) is 0 Å². The van der Waals surface area contributed by atoms with Crippen molar-refractivity contribution in [3.05, 3.63) is 59.9 Å². The van der Waals surface area contributed by atoms with Gasteiger partial charge in [0.15, 0.2) is 12.4 Å². The number of pyridine rings is 1. The molecular weight excluding hydrogens is 198 g/mol. The van der Waals surface area contributed by atoms with Gasteiger partial charge in [0, 0.05) is 23.3 Å². The number of rotatable bonds is 0. The molecule has 2 nitrogen and oxygen atoms in total. The number of aromatic nitrogens is 1. The van der Waals surface area contributed by atoms with Crippen molar-refractivity contribution in [2.24, 2.45) is 7.05 Å². The van der Waals surface area contributed by atoms with Crippen LogP contribution in [0.1, 0.15) is 11.1 Å². The number of aryl methyl sites for hydroxylation is 1. The van der Waals surface area contributed by atoms with Gasteiger partial charge in [-0.2, -0.15) is 0 Å². The van der Waals surface area contributed by atoms with Gasteiger partial charge in [0.05, 0.1) is 0 Å². The molecule has 0 atom stereocenters. The molecule has 0 amide bonds. The zero-order valence-electron chi connectivity index (χ0n) is 9.01. The number of phenolic OH excluding ortho intramolecular Hbond substituents is 1. The number of aromatic hydroxyl groups is 1. The highest BCUT2D eigenvalue weighted by Crippen LogP contribution is 2.08. The summed E-state index contributed by atoms with van der Waals surface area (Å²) in [6.07, 6.45) is 3.92. The fraction of sp³-hybridized carbons (Fsp3) is 0.0714. The molecule has 1 N–H and O–H groups in total. The molecule has 0 saturated heterocycles. The lowest BCUT2D eigenvalue weighted by Crippen LogP contribution is -2.25. The van der Waals surface area contributed by atoms with Crippen LogP contribution in [0.15, 0.2) is 48.8 Å². The molecule has 1 aromatic carbocycles. The van der Waals surface area contributed by atoms with Crippen LogP contribution in [-0.4, -0.2) is 5.11 Å². The summed E-state index contributed by atoms with van der Waals surface area (Å²) in [4.78, 5) is 0. The molecule has 1 heterocycles. The Hall–Kier alpha value is -2.27. The Balaban J connectivity index is 2.21. The minimum absolute atomic E-state index is 0.261. The van der Waals surface area contributed by atoms with Crippen LogP contribution in [-0.2, 0) is 7.05 Å². The fourth-order valence-electron chi connectivity index (χ4n) is 1.27. The predicted octanol–water partition coefficient (Wildman–Crippen LogP) is 1.62. The van der Waals surface area contributed by atoms with Crippen LogP contribution in [0.3, 0.4) is 0 Å². The summed E-state index contributed by atoms with van der Waals surface area (Å²) in [5.74, 6) is 6.36. The van der Waals surface area contributed by atoms with E-state index < -0.39 is 0 Å². The summed E-state index contributed by atoms with van der Waals surface area (Å²) in [5.41, 5.74) is 1.87. The van der Waals surface area contributed by atoms with E-state index in [1.807, 2.05) is 36.1 Å². The maximum absolute atomic E-state index is 9.12. The minimum atomic E-state index is 0.261. The molecule has 0 radical (unpaired) electrons. The van der Waals surface area contributed by atoms with Gasteiger partial charge in [0.1, 0.15) is 12.8 Å². The summed E-state index contributed by atoms with van der Waals surface area (Å²) in [7, 11) is 1.97. The average Bonchev–Trinajstić information content (AvgIpc) is 2.30. The Kier molecular flexibility index (Phi) is 2.88. The molecule has 0 aliphatic carbocycles. The van der Waals surface area contributed by atoms with Crippen molar-refractivity contribution < 1.29 is 9.67 Å². The smallest absolute Gasteiger partial charge is 0.169 e. The van der Waals surface area contributed by atoms with Crippen LogP contribution in [0.25, 0.3) is 0 Å². The van der Waals surface area contributed by atoms with Gasteiger partial charge in [-0.25, -0.2) is 4.57 Å². The van der Waals surface area contributed by atoms with Crippen LogP contribution >= 0.6 is 0 Å². The van der Waals surface area contributed by atoms with Gasteiger partial charge in [-0.05, 0) is 24.3 Å². The molecule has 0 fully saturated rings. The van der Waals surface area contributed by atoms with E-state index in [4.69, 9.17) is 5.11 Å². The Labute approximate surface area is 94.8 Å². The Morgan fingerprint density at radius 2 is 1.38 bits per heavy atom. The van der Waals surface area contributed by atoms with Crippen LogP contribution in [0.5, 0.6) is 5.75 Å². The topological polar surface area (TPSA) is 24.1 Å². The number of benzene rings is 1. The number of nitrogens with zero attached hydrogens (tertiary/aromatic N) is 1. The first-order valence-corrected chi connectivity index (χ1v) is 5.00. The minimum Gasteiger partial charge on any atom is -0.508 e. The second-order valence-corrected chi connectivity index (χ2v) is 3.55. The molecule has 0 unspecified atom stereocenters. The van der Waals surface area contributed by atoms with Crippen molar-refractivity contribution >= 4 is 0 Å². The van der Waals surface area contributed by atoms with E-state index >= 15 is 0 Å². The number of phenols is 1. The molecule has 1 aromatic heterocycles. The van der Waals surface area contributed by atoms with Crippen molar-refractivity contribution in [1.29, 1.82) is 0 Å². The Morgan fingerprint density at radius 1 is 0.875 bits per heavy atom. The lowest BCUT2D eigenvalue weighted by Gasteiger charge is -1.91. The van der Waals surface area contributed by atoms with E-state index in [-0.39, 0.29) is 5.75 Å². The third-order valence-electron chi connectivity index (χ3n) is 2.20. The van der Waals surface area contributed by atoms with E-state index in [2.05, 4.69) is 11.8 Å². The quantitative estimate of drug-likeness (QED) is 0.518. The first-order chi connectivity index (χ1) is 7.74. The Bertz CT molecular complexity index is 480. The molecule has 2 aromatic rings. The van der Waals surface area contributed by atoms with Crippen molar-refractivity contribution in [2.75, 3.05) is 0 Å². The summed E-state index contributed by atoms with van der Waals surface area (Å²) in [6.45, 7) is 0. The molecule has 2 rings (SSSR count). The van der Waals surface area contributed by atoms with Crippen LogP contribution in [0.4, 0.5) is 0 Å². The molecule has 0 aliphatic rings. The van der Waals surface area contributed by atoms with Gasteiger partial charge >= 0.3 is 0 Å². The molecule has 78 valence electrons. The maximum Gasteiger partial charge on any atom is 0.169 e. The van der Waals surface area contributed by atoms with Gasteiger partial charge in [0.25, 0.3) is 0 Å². The molecule has 2 heteroatoms. The van der Waals surface area contributed by atoms with E-state index in [0.29, 0.717) is 0 Å². The number of hydrogen-bond acceptors (Lipinski definition) is 1.